The first-order chi connectivity index (χ1) is 7.18. The van der Waals surface area contributed by atoms with Gasteiger partial charge in [0, 0.05) is 6.42 Å². The van der Waals surface area contributed by atoms with Crippen LogP contribution in [0.1, 0.15) is 20.3 Å². The molecule has 90 valence electrons. The summed E-state index contributed by atoms with van der Waals surface area (Å²) < 4.78 is 2.72. The molecule has 3 nitrogen and oxygen atoms in total. The number of hydrogen-bond acceptors (Lipinski definition) is 1. The molecule has 0 aromatic carbocycles. The highest BCUT2D eigenvalue weighted by Gasteiger charge is 2.45. The molecule has 2 N–H and O–H groups in total. The van der Waals surface area contributed by atoms with Gasteiger partial charge in [-0.05, 0) is 6.54 Å². The lowest BCUT2D eigenvalue weighted by molar-refractivity contribution is -1.07. The van der Waals surface area contributed by atoms with Crippen LogP contribution in [0.2, 0.25) is 0 Å². The Morgan fingerprint density at radius 3 is 1.80 bits per heavy atom. The van der Waals surface area contributed by atoms with Crippen LogP contribution >= 0.6 is 0 Å². The summed E-state index contributed by atoms with van der Waals surface area (Å²) in [7, 11) is 2.41. The molecule has 3 heterocycles. The van der Waals surface area contributed by atoms with Crippen molar-refractivity contribution in [3.8, 4) is 0 Å². The maximum Gasteiger partial charge on any atom is 0.129 e. The zero-order valence-corrected chi connectivity index (χ0v) is 10.8. The Hall–Kier alpha value is -0.120. The van der Waals surface area contributed by atoms with E-state index in [-0.39, 0.29) is 0 Å². The van der Waals surface area contributed by atoms with Gasteiger partial charge >= 0.3 is 0 Å². The Kier molecular flexibility index (Phi) is 4.56. The number of nitrogens with two attached hydrogens (primary N) is 1. The summed E-state index contributed by atoms with van der Waals surface area (Å²) in [5.41, 5.74) is 5.58. The first kappa shape index (κ1) is 12.9. The minimum Gasteiger partial charge on any atom is -0.330 e. The number of quaternary nitrogens is 2. The molecule has 0 amide bonds. The van der Waals surface area contributed by atoms with E-state index in [2.05, 4.69) is 7.05 Å². The normalized spacial score (nSPS) is 38.4. The smallest absolute Gasteiger partial charge is 0.129 e. The van der Waals surface area contributed by atoms with E-state index in [1.54, 1.807) is 0 Å². The predicted molar refractivity (Wildman–Crippen MR) is 65.5 cm³/mol. The lowest BCUT2D eigenvalue weighted by Gasteiger charge is -2.54. The van der Waals surface area contributed by atoms with Crippen LogP contribution in [0, 0.1) is 0 Å². The second-order valence-electron chi connectivity index (χ2n) is 5.17. The van der Waals surface area contributed by atoms with Crippen molar-refractivity contribution in [3.05, 3.63) is 0 Å². The average molecular weight is 215 g/mol. The number of hydrogen-bond donors (Lipinski definition) is 1. The summed E-state index contributed by atoms with van der Waals surface area (Å²) in [5.74, 6) is 0. The van der Waals surface area contributed by atoms with E-state index >= 15 is 0 Å². The molecular formula is C12H29N3+2. The molecular weight excluding hydrogens is 186 g/mol. The summed E-state index contributed by atoms with van der Waals surface area (Å²) in [4.78, 5) is 0. The van der Waals surface area contributed by atoms with Gasteiger partial charge in [0.15, 0.2) is 0 Å². The SMILES string of the molecule is CC.C[N+]12CC[N+](CCCN)(CC1)CC2. The second kappa shape index (κ2) is 5.28. The third-order valence-corrected chi connectivity index (χ3v) is 4.18. The van der Waals surface area contributed by atoms with Gasteiger partial charge in [-0.2, -0.15) is 0 Å². The quantitative estimate of drug-likeness (QED) is 0.688. The molecule has 3 saturated heterocycles. The fourth-order valence-corrected chi connectivity index (χ4v) is 2.79. The van der Waals surface area contributed by atoms with Crippen LogP contribution in [0.15, 0.2) is 0 Å². The van der Waals surface area contributed by atoms with Crippen molar-refractivity contribution in [2.75, 3.05) is 59.4 Å². The fraction of sp³-hybridized carbons (Fsp3) is 1.00. The van der Waals surface area contributed by atoms with Crippen LogP contribution in [0.25, 0.3) is 0 Å². The van der Waals surface area contributed by atoms with Crippen LogP contribution < -0.4 is 5.73 Å². The molecule has 3 fully saturated rings. The van der Waals surface area contributed by atoms with Crippen LogP contribution in [0.5, 0.6) is 0 Å². The number of likely N-dealkylation sites (N-methyl/N-ethyl adjacent to an activating group) is 1. The highest BCUT2D eigenvalue weighted by Crippen LogP contribution is 2.24. The predicted octanol–water partition coefficient (Wildman–Crippen LogP) is 0.652. The van der Waals surface area contributed by atoms with Crippen LogP contribution in [-0.4, -0.2) is 68.4 Å². The number of rotatable bonds is 3. The van der Waals surface area contributed by atoms with Gasteiger partial charge in [0.2, 0.25) is 0 Å². The van der Waals surface area contributed by atoms with E-state index in [0.717, 1.165) is 6.54 Å². The monoisotopic (exact) mass is 215 g/mol. The molecule has 2 bridgehead atoms. The molecule has 0 saturated carbocycles. The third-order valence-electron chi connectivity index (χ3n) is 4.18. The summed E-state index contributed by atoms with van der Waals surface area (Å²) in [6.07, 6.45) is 1.21. The van der Waals surface area contributed by atoms with E-state index in [4.69, 9.17) is 5.73 Å². The maximum atomic E-state index is 5.58. The highest BCUT2D eigenvalue weighted by atomic mass is 15.5. The summed E-state index contributed by atoms with van der Waals surface area (Å²) in [6, 6.07) is 0. The zero-order chi connectivity index (χ0) is 11.4. The number of piperazine rings is 3. The molecule has 3 heteroatoms. The minimum atomic E-state index is 0.867. The summed E-state index contributed by atoms with van der Waals surface area (Å²) in [6.45, 7) is 14.6. The molecule has 15 heavy (non-hydrogen) atoms. The van der Waals surface area contributed by atoms with Crippen molar-refractivity contribution < 1.29 is 8.97 Å². The van der Waals surface area contributed by atoms with Crippen molar-refractivity contribution in [2.45, 2.75) is 20.3 Å². The molecule has 3 aliphatic rings. The van der Waals surface area contributed by atoms with Gasteiger partial charge in [-0.1, -0.05) is 13.8 Å². The van der Waals surface area contributed by atoms with Gasteiger partial charge in [-0.25, -0.2) is 0 Å². The standard InChI is InChI=1S/C10H23N3.C2H6/c1-12-5-8-13(9-6-12,10-7-12)4-2-3-11;1-2/h2-11H2,1H3;1-2H3/q+2;. The van der Waals surface area contributed by atoms with Crippen molar-refractivity contribution in [3.63, 3.8) is 0 Å². The first-order valence-corrected chi connectivity index (χ1v) is 6.57. The zero-order valence-electron chi connectivity index (χ0n) is 10.8. The number of nitrogens with zero attached hydrogens (tertiary/aromatic N) is 2. The molecule has 0 aliphatic carbocycles. The summed E-state index contributed by atoms with van der Waals surface area (Å²) >= 11 is 0. The molecule has 0 unspecified atom stereocenters. The van der Waals surface area contributed by atoms with E-state index in [1.807, 2.05) is 13.8 Å². The van der Waals surface area contributed by atoms with E-state index in [0.29, 0.717) is 0 Å². The highest BCUT2D eigenvalue weighted by molar-refractivity contribution is 4.60. The summed E-state index contributed by atoms with van der Waals surface area (Å²) in [5, 5.41) is 0. The minimum absolute atomic E-state index is 0.867. The maximum absolute atomic E-state index is 5.58. The second-order valence-corrected chi connectivity index (χ2v) is 5.17. The Bertz CT molecular complexity index is 161. The number of fused-ring (bicyclic) bond motifs is 3. The van der Waals surface area contributed by atoms with Gasteiger partial charge < -0.3 is 14.7 Å². The molecule has 0 aromatic rings. The van der Waals surface area contributed by atoms with Crippen molar-refractivity contribution in [1.29, 1.82) is 0 Å². The van der Waals surface area contributed by atoms with Gasteiger partial charge in [0.05, 0.1) is 13.6 Å². The average Bonchev–Trinajstić information content (AvgIpc) is 2.31. The van der Waals surface area contributed by atoms with Gasteiger partial charge in [0.25, 0.3) is 0 Å². The Morgan fingerprint density at radius 1 is 0.933 bits per heavy atom. The van der Waals surface area contributed by atoms with Crippen LogP contribution in [0.4, 0.5) is 0 Å². The van der Waals surface area contributed by atoms with Gasteiger partial charge in [-0.3, -0.25) is 0 Å². The van der Waals surface area contributed by atoms with E-state index in [9.17, 15) is 0 Å². The van der Waals surface area contributed by atoms with Gasteiger partial charge in [-0.15, -0.1) is 0 Å². The fourth-order valence-electron chi connectivity index (χ4n) is 2.79. The molecule has 0 radical (unpaired) electrons. The van der Waals surface area contributed by atoms with Crippen molar-refractivity contribution in [2.24, 2.45) is 5.73 Å². The molecule has 3 aliphatic heterocycles. The molecule has 3 rings (SSSR count). The van der Waals surface area contributed by atoms with E-state index < -0.39 is 0 Å². The van der Waals surface area contributed by atoms with Gasteiger partial charge in [0.1, 0.15) is 39.3 Å². The third kappa shape index (κ3) is 2.92. The Balaban J connectivity index is 0.000000531. The Morgan fingerprint density at radius 2 is 1.40 bits per heavy atom. The lowest BCUT2D eigenvalue weighted by Crippen LogP contribution is -2.73. The largest absolute Gasteiger partial charge is 0.330 e. The first-order valence-electron chi connectivity index (χ1n) is 6.57. The van der Waals surface area contributed by atoms with E-state index in [1.165, 1.54) is 61.2 Å². The van der Waals surface area contributed by atoms with Crippen molar-refractivity contribution in [1.82, 2.24) is 0 Å². The van der Waals surface area contributed by atoms with Crippen molar-refractivity contribution >= 4 is 0 Å². The molecule has 0 atom stereocenters. The molecule has 0 spiro atoms. The molecule has 0 aromatic heterocycles. The van der Waals surface area contributed by atoms with Crippen LogP contribution in [0.3, 0.4) is 0 Å². The lowest BCUT2D eigenvalue weighted by atomic mass is 10.1. The Labute approximate surface area is 95.0 Å². The topological polar surface area (TPSA) is 26.0 Å². The van der Waals surface area contributed by atoms with Crippen LogP contribution in [-0.2, 0) is 0 Å².